The van der Waals surface area contributed by atoms with Crippen LogP contribution in [0.2, 0.25) is 0 Å². The van der Waals surface area contributed by atoms with Gasteiger partial charge in [-0.25, -0.2) is 21.6 Å². The third-order valence-electron chi connectivity index (χ3n) is 4.93. The number of piperazine rings is 1. The molecule has 0 bridgehead atoms. The number of hydrogen-bond donors (Lipinski definition) is 2. The number of carboxylic acid groups (broad SMARTS) is 1. The van der Waals surface area contributed by atoms with Crippen molar-refractivity contribution in [3.8, 4) is 0 Å². The molecule has 10 nitrogen and oxygen atoms in total. The van der Waals surface area contributed by atoms with Gasteiger partial charge in [0.1, 0.15) is 17.2 Å². The van der Waals surface area contributed by atoms with Gasteiger partial charge in [0.05, 0.1) is 5.92 Å². The minimum Gasteiger partial charge on any atom is -0.480 e. The molecular formula is C14H19Cl4N3O7S2. The Morgan fingerprint density at radius 3 is 2.13 bits per heavy atom. The molecule has 0 aromatic carbocycles. The van der Waals surface area contributed by atoms with Crippen molar-refractivity contribution in [1.29, 1.82) is 0 Å². The summed E-state index contributed by atoms with van der Waals surface area (Å²) in [6, 6.07) is 0. The van der Waals surface area contributed by atoms with E-state index in [9.17, 15) is 26.4 Å². The summed E-state index contributed by atoms with van der Waals surface area (Å²) in [7, 11) is -8.36. The van der Waals surface area contributed by atoms with Gasteiger partial charge in [0.15, 0.2) is 4.33 Å². The first kappa shape index (κ1) is 26.1. The molecule has 2 aliphatic rings. The number of carbonyl (C=O) groups is 2. The molecule has 1 aliphatic carbocycles. The third-order valence-corrected chi connectivity index (χ3v) is 12.5. The van der Waals surface area contributed by atoms with Crippen LogP contribution in [-0.2, 0) is 29.6 Å². The number of allylic oxidation sites excluding steroid dienone is 1. The van der Waals surface area contributed by atoms with E-state index < -0.39 is 51.2 Å². The van der Waals surface area contributed by atoms with Crippen molar-refractivity contribution in [3.63, 3.8) is 0 Å². The van der Waals surface area contributed by atoms with Crippen molar-refractivity contribution < 1.29 is 31.5 Å². The van der Waals surface area contributed by atoms with Crippen molar-refractivity contribution in [2.24, 2.45) is 5.92 Å². The van der Waals surface area contributed by atoms with Gasteiger partial charge in [0, 0.05) is 26.2 Å². The van der Waals surface area contributed by atoms with Gasteiger partial charge in [-0.1, -0.05) is 46.4 Å². The molecule has 1 saturated heterocycles. The fourth-order valence-electron chi connectivity index (χ4n) is 3.22. The van der Waals surface area contributed by atoms with Crippen LogP contribution in [0.4, 0.5) is 0 Å². The van der Waals surface area contributed by atoms with Crippen molar-refractivity contribution in [1.82, 2.24) is 13.9 Å². The van der Waals surface area contributed by atoms with Gasteiger partial charge in [-0.3, -0.25) is 4.79 Å². The normalized spacial score (nSPS) is 30.1. The van der Waals surface area contributed by atoms with E-state index in [1.807, 2.05) is 4.90 Å². The summed E-state index contributed by atoms with van der Waals surface area (Å²) in [6.07, 6.45) is 1.46. The number of carbonyl (C=O) groups excluding carboxylic acids is 1. The van der Waals surface area contributed by atoms with E-state index in [2.05, 4.69) is 0 Å². The molecule has 30 heavy (non-hydrogen) atoms. The summed E-state index contributed by atoms with van der Waals surface area (Å²) in [5, 5.41) is 8.88. The summed E-state index contributed by atoms with van der Waals surface area (Å²) in [6.45, 7) is -0.772. The Morgan fingerprint density at radius 1 is 1.13 bits per heavy atom. The molecule has 16 heteroatoms. The zero-order chi connectivity index (χ0) is 23.2. The molecule has 0 radical (unpaired) electrons. The molecule has 0 aromatic heterocycles. The molecule has 1 fully saturated rings. The predicted molar refractivity (Wildman–Crippen MR) is 113 cm³/mol. The number of nitrogens with zero attached hydrogens (tertiary/aromatic N) is 2. The minimum absolute atomic E-state index is 0.0600. The van der Waals surface area contributed by atoms with Crippen molar-refractivity contribution in [2.75, 3.05) is 39.8 Å². The molecular weight excluding hydrogens is 528 g/mol. The molecule has 1 heterocycles. The highest BCUT2D eigenvalue weighted by Crippen LogP contribution is 2.58. The van der Waals surface area contributed by atoms with Crippen molar-refractivity contribution >= 4 is 78.7 Å². The number of aldehydes is 1. The lowest BCUT2D eigenvalue weighted by atomic mass is 9.92. The summed E-state index contributed by atoms with van der Waals surface area (Å²) in [4.78, 5) is 24.5. The number of hydrogen-bond acceptors (Lipinski definition) is 7. The number of carboxylic acids is 1. The van der Waals surface area contributed by atoms with Crippen LogP contribution in [0.1, 0.15) is 0 Å². The maximum Gasteiger partial charge on any atom is 0.318 e. The first-order valence-corrected chi connectivity index (χ1v) is 12.8. The Bertz CT molecular complexity index is 947. The number of nitrogens with one attached hydrogen (secondary N) is 1. The standard InChI is InChI=1S/C14H19Cl4N3O7S2/c1-20-4-6-21(7-5-20)30(27,28)13(29(25,26)19-8-11(23)24)3-2-12(15,16)10(9-22)14(13,17)18/h2-3,9-10,19H,4-8H2,1H3,(H,23,24). The number of rotatable bonds is 7. The SMILES string of the molecule is CN1CCN(S(=O)(=O)C2(S(=O)(=O)NCC(=O)O)C=CC(Cl)(Cl)C(C=O)C2(Cl)Cl)CC1. The van der Waals surface area contributed by atoms with Crippen LogP contribution in [0, 0.1) is 5.92 Å². The van der Waals surface area contributed by atoms with Crippen LogP contribution < -0.4 is 4.72 Å². The topological polar surface area (TPSA) is 141 Å². The quantitative estimate of drug-likeness (QED) is 0.258. The van der Waals surface area contributed by atoms with Gasteiger partial charge in [-0.15, -0.1) is 0 Å². The fraction of sp³-hybridized carbons (Fsp3) is 0.714. The Labute approximate surface area is 194 Å². The van der Waals surface area contributed by atoms with E-state index >= 15 is 0 Å². The van der Waals surface area contributed by atoms with Crippen LogP contribution in [0.3, 0.4) is 0 Å². The first-order chi connectivity index (χ1) is 13.6. The van der Waals surface area contributed by atoms with Crippen LogP contribution in [-0.4, -0.2) is 95.9 Å². The zero-order valence-corrected chi connectivity index (χ0v) is 20.1. The number of aliphatic carboxylic acids is 1. The minimum atomic E-state index is -5.16. The summed E-state index contributed by atoms with van der Waals surface area (Å²) < 4.78 is 48.1. The molecule has 2 rings (SSSR count). The average Bonchev–Trinajstić information content (AvgIpc) is 2.59. The Morgan fingerprint density at radius 2 is 1.67 bits per heavy atom. The van der Waals surface area contributed by atoms with E-state index in [1.165, 1.54) is 0 Å². The number of halogens is 4. The van der Waals surface area contributed by atoms with Gasteiger partial charge >= 0.3 is 5.97 Å². The highest BCUT2D eigenvalue weighted by Gasteiger charge is 2.74. The maximum absolute atomic E-state index is 13.7. The monoisotopic (exact) mass is 545 g/mol. The van der Waals surface area contributed by atoms with Crippen LogP contribution >= 0.6 is 46.4 Å². The Balaban J connectivity index is 2.80. The van der Waals surface area contributed by atoms with Gasteiger partial charge in [-0.05, 0) is 19.2 Å². The van der Waals surface area contributed by atoms with E-state index in [4.69, 9.17) is 51.5 Å². The number of sulfonamides is 2. The third kappa shape index (κ3) is 4.11. The second-order valence-electron chi connectivity index (χ2n) is 6.84. The Kier molecular flexibility index (Phi) is 7.51. The lowest BCUT2D eigenvalue weighted by Gasteiger charge is -2.49. The summed E-state index contributed by atoms with van der Waals surface area (Å²) in [5.41, 5.74) is 0. The maximum atomic E-state index is 13.7. The molecule has 0 aromatic rings. The molecule has 2 atom stereocenters. The molecule has 0 saturated carbocycles. The number of likely N-dealkylation sites (N-methyl/N-ethyl adjacent to an activating group) is 1. The second kappa shape index (κ2) is 8.64. The highest BCUT2D eigenvalue weighted by atomic mass is 35.5. The summed E-state index contributed by atoms with van der Waals surface area (Å²) in [5.74, 6) is -3.48. The van der Waals surface area contributed by atoms with Gasteiger partial charge in [-0.2, -0.15) is 4.31 Å². The molecule has 0 spiro atoms. The zero-order valence-electron chi connectivity index (χ0n) is 15.5. The lowest BCUT2D eigenvalue weighted by Crippen LogP contribution is -2.70. The van der Waals surface area contributed by atoms with Crippen molar-refractivity contribution in [2.45, 2.75) is 12.7 Å². The highest BCUT2D eigenvalue weighted by molar-refractivity contribution is 8.09. The largest absolute Gasteiger partial charge is 0.480 e. The predicted octanol–water partition coefficient (Wildman–Crippen LogP) is -0.00340. The smallest absolute Gasteiger partial charge is 0.318 e. The Hall–Kier alpha value is -0.180. The number of alkyl halides is 4. The summed E-state index contributed by atoms with van der Waals surface area (Å²) >= 11 is 24.7. The van der Waals surface area contributed by atoms with Gasteiger partial charge in [0.25, 0.3) is 4.08 Å². The van der Waals surface area contributed by atoms with E-state index in [1.54, 1.807) is 11.8 Å². The lowest BCUT2D eigenvalue weighted by molar-refractivity contribution is -0.135. The molecule has 2 unspecified atom stereocenters. The molecule has 0 amide bonds. The first-order valence-electron chi connectivity index (χ1n) is 8.37. The van der Waals surface area contributed by atoms with E-state index in [0.29, 0.717) is 6.08 Å². The molecule has 2 N–H and O–H groups in total. The van der Waals surface area contributed by atoms with Crippen LogP contribution in [0.25, 0.3) is 0 Å². The fourth-order valence-corrected chi connectivity index (χ4v) is 10.4. The van der Waals surface area contributed by atoms with Crippen LogP contribution in [0.15, 0.2) is 12.2 Å². The van der Waals surface area contributed by atoms with E-state index in [0.717, 1.165) is 10.4 Å². The molecule has 172 valence electrons. The second-order valence-corrected chi connectivity index (χ2v) is 14.0. The van der Waals surface area contributed by atoms with E-state index in [-0.39, 0.29) is 32.5 Å². The van der Waals surface area contributed by atoms with Gasteiger partial charge < -0.3 is 14.8 Å². The van der Waals surface area contributed by atoms with Crippen LogP contribution in [0.5, 0.6) is 0 Å². The average molecular weight is 547 g/mol. The molecule has 1 aliphatic heterocycles. The van der Waals surface area contributed by atoms with Crippen molar-refractivity contribution in [3.05, 3.63) is 12.2 Å². The van der Waals surface area contributed by atoms with Gasteiger partial charge in [0.2, 0.25) is 20.0 Å².